The van der Waals surface area contributed by atoms with E-state index in [0.29, 0.717) is 10.0 Å². The molecule has 94 valence electrons. The largest absolute Gasteiger partial charge is 0.112 e. The van der Waals surface area contributed by atoms with Gasteiger partial charge in [-0.2, -0.15) is 0 Å². The van der Waals surface area contributed by atoms with Crippen LogP contribution in [0.3, 0.4) is 0 Å². The van der Waals surface area contributed by atoms with Crippen molar-refractivity contribution < 1.29 is 0 Å². The summed E-state index contributed by atoms with van der Waals surface area (Å²) < 4.78 is 2.08. The molecule has 0 aliphatic carbocycles. The predicted molar refractivity (Wildman–Crippen MR) is 91.0 cm³/mol. The number of hydrogen-bond donors (Lipinski definition) is 0. The van der Waals surface area contributed by atoms with E-state index in [1.807, 2.05) is 18.2 Å². The Kier molecular flexibility index (Phi) is 5.23. The van der Waals surface area contributed by atoms with E-state index in [9.17, 15) is 0 Å². The van der Waals surface area contributed by atoms with Gasteiger partial charge in [-0.3, -0.25) is 0 Å². The second-order valence-corrected chi connectivity index (χ2v) is 7.07. The molecule has 0 amide bonds. The average Bonchev–Trinajstić information content (AvgIpc) is 2.34. The Morgan fingerprint density at radius 2 is 1.72 bits per heavy atom. The van der Waals surface area contributed by atoms with Crippen LogP contribution in [-0.4, -0.2) is 0 Å². The van der Waals surface area contributed by atoms with Crippen LogP contribution in [0.5, 0.6) is 0 Å². The van der Waals surface area contributed by atoms with Crippen LogP contribution in [0, 0.1) is 3.57 Å². The maximum Gasteiger partial charge on any atom is 0.0861 e. The van der Waals surface area contributed by atoms with Crippen LogP contribution in [0.2, 0.25) is 10.0 Å². The van der Waals surface area contributed by atoms with Crippen LogP contribution < -0.4 is 0 Å². The first-order valence-electron chi connectivity index (χ1n) is 5.03. The smallest absolute Gasteiger partial charge is 0.0861 e. The summed E-state index contributed by atoms with van der Waals surface area (Å²) in [5, 5.41) is 0.909. The summed E-state index contributed by atoms with van der Waals surface area (Å²) in [5.74, 6) is 0. The molecule has 0 aromatic heterocycles. The molecule has 2 rings (SSSR count). The Bertz CT molecular complexity index is 535. The summed E-state index contributed by atoms with van der Waals surface area (Å²) in [5.41, 5.74) is 1.79. The lowest BCUT2D eigenvalue weighted by Gasteiger charge is -2.14. The highest BCUT2D eigenvalue weighted by atomic mass is 127. The molecule has 0 radical (unpaired) electrons. The number of benzene rings is 2. The van der Waals surface area contributed by atoms with Gasteiger partial charge in [0.05, 0.1) is 5.38 Å². The summed E-state index contributed by atoms with van der Waals surface area (Å²) in [6.45, 7) is 0. The number of alkyl halides is 1. The zero-order valence-electron chi connectivity index (χ0n) is 8.93. The van der Waals surface area contributed by atoms with E-state index in [1.165, 1.54) is 0 Å². The summed E-state index contributed by atoms with van der Waals surface area (Å²) in [4.78, 5) is 0. The average molecular weight is 476 g/mol. The van der Waals surface area contributed by atoms with E-state index < -0.39 is 0 Å². The van der Waals surface area contributed by atoms with Gasteiger partial charge in [-0.05, 0) is 70.1 Å². The minimum atomic E-state index is -0.333. The van der Waals surface area contributed by atoms with Crippen molar-refractivity contribution in [2.75, 3.05) is 0 Å². The molecular weight excluding hydrogens is 469 g/mol. The van der Waals surface area contributed by atoms with Crippen molar-refractivity contribution in [3.05, 3.63) is 65.6 Å². The summed E-state index contributed by atoms with van der Waals surface area (Å²) in [6, 6.07) is 11.3. The second-order valence-electron chi connectivity index (χ2n) is 3.69. The highest BCUT2D eigenvalue weighted by molar-refractivity contribution is 14.1. The first kappa shape index (κ1) is 14.9. The molecule has 0 spiro atoms. The van der Waals surface area contributed by atoms with Gasteiger partial charge >= 0.3 is 0 Å². The fourth-order valence-corrected chi connectivity index (χ4v) is 3.53. The molecule has 5 heteroatoms. The van der Waals surface area contributed by atoms with Crippen LogP contribution in [0.15, 0.2) is 40.9 Å². The fraction of sp³-hybridized carbons (Fsp3) is 0.0769. The Morgan fingerprint density at radius 1 is 1.00 bits per heavy atom. The first-order chi connectivity index (χ1) is 8.49. The zero-order chi connectivity index (χ0) is 13.3. The van der Waals surface area contributed by atoms with Crippen LogP contribution in [-0.2, 0) is 0 Å². The normalized spacial score (nSPS) is 12.5. The van der Waals surface area contributed by atoms with Crippen molar-refractivity contribution in [1.29, 1.82) is 0 Å². The highest BCUT2D eigenvalue weighted by Gasteiger charge is 2.17. The lowest BCUT2D eigenvalue weighted by Crippen LogP contribution is -1.96. The van der Waals surface area contributed by atoms with Crippen LogP contribution in [0.1, 0.15) is 16.5 Å². The van der Waals surface area contributed by atoms with E-state index in [-0.39, 0.29) is 5.38 Å². The third-order valence-electron chi connectivity index (χ3n) is 2.46. The molecule has 0 N–H and O–H groups in total. The maximum absolute atomic E-state index is 6.51. The molecule has 0 aliphatic rings. The Labute approximate surface area is 143 Å². The highest BCUT2D eigenvalue weighted by Crippen LogP contribution is 2.38. The Hall–Kier alpha value is 0.520. The lowest BCUT2D eigenvalue weighted by atomic mass is 10.0. The van der Waals surface area contributed by atoms with Gasteiger partial charge in [0.15, 0.2) is 0 Å². The Balaban J connectivity index is 2.50. The molecule has 0 aliphatic heterocycles. The zero-order valence-corrected chi connectivity index (χ0v) is 14.9. The summed E-state index contributed by atoms with van der Waals surface area (Å²) in [6.07, 6.45) is 0. The lowest BCUT2D eigenvalue weighted by molar-refractivity contribution is 1.12. The van der Waals surface area contributed by atoms with Crippen molar-refractivity contribution in [3.63, 3.8) is 0 Å². The standard InChI is InChI=1S/C13H7BrCl3I/c14-11-3-2-8(18)6-9(11)13(17)10-5-7(15)1-4-12(10)16/h1-6,13H. The van der Waals surface area contributed by atoms with Crippen LogP contribution in [0.4, 0.5) is 0 Å². The molecule has 2 aromatic rings. The molecule has 1 unspecified atom stereocenters. The van der Waals surface area contributed by atoms with Gasteiger partial charge in [0, 0.05) is 18.1 Å². The third kappa shape index (κ3) is 3.34. The predicted octanol–water partition coefficient (Wildman–Crippen LogP) is 6.69. The SMILES string of the molecule is Clc1ccc(Cl)c(C(Cl)c2cc(I)ccc2Br)c1. The summed E-state index contributed by atoms with van der Waals surface area (Å²) >= 11 is 24.4. The molecule has 0 nitrogen and oxygen atoms in total. The molecule has 0 saturated carbocycles. The minimum Gasteiger partial charge on any atom is -0.112 e. The van der Waals surface area contributed by atoms with Crippen molar-refractivity contribution in [2.24, 2.45) is 0 Å². The van der Waals surface area contributed by atoms with Gasteiger partial charge in [0.1, 0.15) is 0 Å². The van der Waals surface area contributed by atoms with Crippen molar-refractivity contribution in [3.8, 4) is 0 Å². The van der Waals surface area contributed by atoms with Crippen molar-refractivity contribution in [1.82, 2.24) is 0 Å². The van der Waals surface area contributed by atoms with Crippen LogP contribution >= 0.6 is 73.3 Å². The molecular formula is C13H7BrCl3I. The van der Waals surface area contributed by atoms with Crippen molar-refractivity contribution in [2.45, 2.75) is 5.38 Å². The first-order valence-corrected chi connectivity index (χ1v) is 8.09. The van der Waals surface area contributed by atoms with Crippen molar-refractivity contribution >= 4 is 73.3 Å². The van der Waals surface area contributed by atoms with E-state index >= 15 is 0 Å². The van der Waals surface area contributed by atoms with Gasteiger partial charge < -0.3 is 0 Å². The fourth-order valence-electron chi connectivity index (χ4n) is 1.59. The molecule has 0 heterocycles. The van der Waals surface area contributed by atoms with Crippen LogP contribution in [0.25, 0.3) is 0 Å². The molecule has 0 saturated heterocycles. The van der Waals surface area contributed by atoms with E-state index in [0.717, 1.165) is 19.2 Å². The van der Waals surface area contributed by atoms with E-state index in [2.05, 4.69) is 38.5 Å². The monoisotopic (exact) mass is 474 g/mol. The molecule has 1 atom stereocenters. The van der Waals surface area contributed by atoms with Gasteiger partial charge in [0.25, 0.3) is 0 Å². The van der Waals surface area contributed by atoms with Gasteiger partial charge in [-0.15, -0.1) is 11.6 Å². The second kappa shape index (κ2) is 6.31. The minimum absolute atomic E-state index is 0.333. The molecule has 18 heavy (non-hydrogen) atoms. The van der Waals surface area contributed by atoms with Gasteiger partial charge in [0.2, 0.25) is 0 Å². The third-order valence-corrected chi connectivity index (χ3v) is 4.90. The number of hydrogen-bond acceptors (Lipinski definition) is 0. The molecule has 0 bridgehead atoms. The van der Waals surface area contributed by atoms with Gasteiger partial charge in [-0.1, -0.05) is 39.1 Å². The number of halogens is 5. The van der Waals surface area contributed by atoms with E-state index in [4.69, 9.17) is 34.8 Å². The summed E-state index contributed by atoms with van der Waals surface area (Å²) in [7, 11) is 0. The Morgan fingerprint density at radius 3 is 2.44 bits per heavy atom. The number of rotatable bonds is 2. The quantitative estimate of drug-likeness (QED) is 0.335. The maximum atomic E-state index is 6.51. The molecule has 2 aromatic carbocycles. The molecule has 0 fully saturated rings. The van der Waals surface area contributed by atoms with Gasteiger partial charge in [-0.25, -0.2) is 0 Å². The van der Waals surface area contributed by atoms with E-state index in [1.54, 1.807) is 18.2 Å². The topological polar surface area (TPSA) is 0 Å².